The Bertz CT molecular complexity index is 304. The molecule has 0 amide bonds. The summed E-state index contributed by atoms with van der Waals surface area (Å²) >= 11 is 0. The Balaban J connectivity index is 0.000000561. The first kappa shape index (κ1) is 10.9. The van der Waals surface area contributed by atoms with Gasteiger partial charge in [0, 0.05) is 11.8 Å². The molecule has 0 atom stereocenters. The molecular formula is C9H14FNO. The van der Waals surface area contributed by atoms with Gasteiger partial charge in [0.25, 0.3) is 5.56 Å². The van der Waals surface area contributed by atoms with Gasteiger partial charge in [-0.25, -0.2) is 4.39 Å². The van der Waals surface area contributed by atoms with Crippen LogP contribution in [0, 0.1) is 19.7 Å². The Morgan fingerprint density at radius 3 is 2.25 bits per heavy atom. The number of rotatable bonds is 0. The summed E-state index contributed by atoms with van der Waals surface area (Å²) in [5.74, 6) is -0.413. The van der Waals surface area contributed by atoms with Crippen molar-refractivity contribution in [2.24, 2.45) is 0 Å². The van der Waals surface area contributed by atoms with Gasteiger partial charge in [-0.05, 0) is 13.8 Å². The predicted molar refractivity (Wildman–Crippen MR) is 47.8 cm³/mol. The van der Waals surface area contributed by atoms with Gasteiger partial charge in [-0.1, -0.05) is 13.8 Å². The average Bonchev–Trinajstić information content (AvgIpc) is 2.12. The van der Waals surface area contributed by atoms with Gasteiger partial charge in [0.05, 0.1) is 5.56 Å². The third-order valence-electron chi connectivity index (χ3n) is 1.44. The van der Waals surface area contributed by atoms with E-state index in [1.54, 1.807) is 6.92 Å². The van der Waals surface area contributed by atoms with Crippen LogP contribution in [0.15, 0.2) is 11.0 Å². The summed E-state index contributed by atoms with van der Waals surface area (Å²) in [5, 5.41) is 0. The zero-order valence-electron chi connectivity index (χ0n) is 7.86. The number of halogens is 1. The van der Waals surface area contributed by atoms with Crippen molar-refractivity contribution in [2.45, 2.75) is 27.7 Å². The highest BCUT2D eigenvalue weighted by Gasteiger charge is 2.02. The van der Waals surface area contributed by atoms with Crippen molar-refractivity contribution < 1.29 is 4.39 Å². The highest BCUT2D eigenvalue weighted by atomic mass is 19.1. The van der Waals surface area contributed by atoms with Crippen LogP contribution in [0.4, 0.5) is 4.39 Å². The molecule has 0 aromatic carbocycles. The molecule has 0 radical (unpaired) electrons. The highest BCUT2D eigenvalue weighted by Crippen LogP contribution is 2.03. The Morgan fingerprint density at radius 1 is 1.33 bits per heavy atom. The van der Waals surface area contributed by atoms with Crippen LogP contribution in [0.25, 0.3) is 0 Å². The zero-order chi connectivity index (χ0) is 9.72. The molecule has 1 aromatic heterocycles. The van der Waals surface area contributed by atoms with Gasteiger partial charge >= 0.3 is 0 Å². The number of aromatic nitrogens is 1. The van der Waals surface area contributed by atoms with Crippen molar-refractivity contribution in [3.05, 3.63) is 33.5 Å². The summed E-state index contributed by atoms with van der Waals surface area (Å²) in [6.45, 7) is 7.07. The van der Waals surface area contributed by atoms with E-state index in [4.69, 9.17) is 0 Å². The minimum atomic E-state index is -0.413. The van der Waals surface area contributed by atoms with E-state index in [-0.39, 0.29) is 11.1 Å². The maximum absolute atomic E-state index is 12.8. The summed E-state index contributed by atoms with van der Waals surface area (Å²) in [4.78, 5) is 13.1. The zero-order valence-corrected chi connectivity index (χ0v) is 7.86. The molecule has 0 fully saturated rings. The van der Waals surface area contributed by atoms with Gasteiger partial charge in [-0.3, -0.25) is 4.79 Å². The highest BCUT2D eigenvalue weighted by molar-refractivity contribution is 5.17. The third kappa shape index (κ3) is 2.19. The molecule has 0 aliphatic heterocycles. The molecule has 0 aliphatic rings. The fraction of sp³-hybridized carbons (Fsp3) is 0.444. The minimum absolute atomic E-state index is 0.153. The second kappa shape index (κ2) is 4.70. The lowest BCUT2D eigenvalue weighted by molar-refractivity contribution is 0.603. The van der Waals surface area contributed by atoms with Crippen molar-refractivity contribution in [2.75, 3.05) is 0 Å². The fourth-order valence-electron chi connectivity index (χ4n) is 0.741. The van der Waals surface area contributed by atoms with Gasteiger partial charge < -0.3 is 4.98 Å². The van der Waals surface area contributed by atoms with Crippen LogP contribution in [0.3, 0.4) is 0 Å². The second-order valence-electron chi connectivity index (χ2n) is 2.24. The first-order valence-electron chi connectivity index (χ1n) is 3.97. The minimum Gasteiger partial charge on any atom is -0.328 e. The Kier molecular flexibility index (Phi) is 4.26. The number of aromatic amines is 1. The van der Waals surface area contributed by atoms with Gasteiger partial charge in [0.15, 0.2) is 0 Å². The van der Waals surface area contributed by atoms with E-state index in [9.17, 15) is 9.18 Å². The van der Waals surface area contributed by atoms with Crippen molar-refractivity contribution in [1.29, 1.82) is 0 Å². The Hall–Kier alpha value is -1.12. The molecule has 0 unspecified atom stereocenters. The van der Waals surface area contributed by atoms with Gasteiger partial charge in [-0.2, -0.15) is 0 Å². The van der Waals surface area contributed by atoms with E-state index in [0.29, 0.717) is 5.56 Å². The van der Waals surface area contributed by atoms with E-state index in [1.807, 2.05) is 13.8 Å². The topological polar surface area (TPSA) is 32.9 Å². The van der Waals surface area contributed by atoms with Crippen molar-refractivity contribution >= 4 is 0 Å². The SMILES string of the molecule is CC.Cc1c[nH]c(=O)c(C)c1F. The average molecular weight is 171 g/mol. The number of hydrogen-bond acceptors (Lipinski definition) is 1. The van der Waals surface area contributed by atoms with Crippen LogP contribution in [0.2, 0.25) is 0 Å². The smallest absolute Gasteiger partial charge is 0.253 e. The number of hydrogen-bond donors (Lipinski definition) is 1. The summed E-state index contributed by atoms with van der Waals surface area (Å²) < 4.78 is 12.8. The van der Waals surface area contributed by atoms with Gasteiger partial charge in [0.2, 0.25) is 0 Å². The number of aryl methyl sites for hydroxylation is 1. The molecule has 1 aromatic rings. The van der Waals surface area contributed by atoms with Crippen LogP contribution < -0.4 is 5.56 Å². The van der Waals surface area contributed by atoms with E-state index in [0.717, 1.165) is 0 Å². The van der Waals surface area contributed by atoms with Crippen LogP contribution in [0.5, 0.6) is 0 Å². The van der Waals surface area contributed by atoms with Gasteiger partial charge in [0.1, 0.15) is 5.82 Å². The molecule has 0 bridgehead atoms. The van der Waals surface area contributed by atoms with Crippen molar-refractivity contribution in [3.63, 3.8) is 0 Å². The molecule has 3 heteroatoms. The number of pyridine rings is 1. The van der Waals surface area contributed by atoms with E-state index < -0.39 is 5.82 Å². The monoisotopic (exact) mass is 171 g/mol. The number of H-pyrrole nitrogens is 1. The summed E-state index contributed by atoms with van der Waals surface area (Å²) in [6.07, 6.45) is 1.37. The Labute approximate surface area is 71.4 Å². The van der Waals surface area contributed by atoms with Crippen molar-refractivity contribution in [3.8, 4) is 0 Å². The van der Waals surface area contributed by atoms with Crippen molar-refractivity contribution in [1.82, 2.24) is 4.98 Å². The molecule has 1 N–H and O–H groups in total. The normalized spacial score (nSPS) is 8.75. The van der Waals surface area contributed by atoms with Gasteiger partial charge in [-0.15, -0.1) is 0 Å². The fourth-order valence-corrected chi connectivity index (χ4v) is 0.741. The lowest BCUT2D eigenvalue weighted by atomic mass is 10.2. The first-order chi connectivity index (χ1) is 5.63. The number of nitrogens with one attached hydrogen (secondary N) is 1. The third-order valence-corrected chi connectivity index (χ3v) is 1.44. The summed E-state index contributed by atoms with van der Waals surface area (Å²) in [7, 11) is 0. The molecule has 2 nitrogen and oxygen atoms in total. The largest absolute Gasteiger partial charge is 0.328 e. The molecule has 0 aliphatic carbocycles. The van der Waals surface area contributed by atoms with Crippen LogP contribution in [-0.2, 0) is 0 Å². The molecular weight excluding hydrogens is 157 g/mol. The van der Waals surface area contributed by atoms with E-state index in [2.05, 4.69) is 4.98 Å². The molecule has 68 valence electrons. The summed E-state index contributed by atoms with van der Waals surface area (Å²) in [6, 6.07) is 0. The van der Waals surface area contributed by atoms with Crippen LogP contribution >= 0.6 is 0 Å². The molecule has 0 saturated heterocycles. The lowest BCUT2D eigenvalue weighted by Gasteiger charge is -1.96. The standard InChI is InChI=1S/C7H8FNO.C2H6/c1-4-3-9-7(10)5(2)6(4)8;1-2/h3H,1-2H3,(H,9,10);1-2H3. The van der Waals surface area contributed by atoms with Crippen LogP contribution in [-0.4, -0.2) is 4.98 Å². The quantitative estimate of drug-likeness (QED) is 0.637. The molecule has 1 heterocycles. The molecule has 1 rings (SSSR count). The molecule has 0 saturated carbocycles. The van der Waals surface area contributed by atoms with E-state index in [1.165, 1.54) is 13.1 Å². The Morgan fingerprint density at radius 2 is 1.83 bits per heavy atom. The maximum atomic E-state index is 12.8. The second-order valence-corrected chi connectivity index (χ2v) is 2.24. The van der Waals surface area contributed by atoms with Crippen LogP contribution in [0.1, 0.15) is 25.0 Å². The molecule has 12 heavy (non-hydrogen) atoms. The molecule has 0 spiro atoms. The predicted octanol–water partition coefficient (Wildman–Crippen LogP) is 2.16. The first-order valence-corrected chi connectivity index (χ1v) is 3.97. The van der Waals surface area contributed by atoms with E-state index >= 15 is 0 Å². The maximum Gasteiger partial charge on any atom is 0.253 e. The lowest BCUT2D eigenvalue weighted by Crippen LogP contribution is -2.11. The summed E-state index contributed by atoms with van der Waals surface area (Å²) in [5.41, 5.74) is 0.264.